The Balaban J connectivity index is 1.84. The lowest BCUT2D eigenvalue weighted by Gasteiger charge is -2.25. The van der Waals surface area contributed by atoms with Gasteiger partial charge in [0.05, 0.1) is 17.4 Å². The van der Waals surface area contributed by atoms with Crippen LogP contribution in [0.15, 0.2) is 6.07 Å². The van der Waals surface area contributed by atoms with Gasteiger partial charge in [0.2, 0.25) is 5.91 Å². The molecule has 1 saturated heterocycles. The molecule has 2 aromatic rings. The number of carbonyl (C=O) groups is 1. The summed E-state index contributed by atoms with van der Waals surface area (Å²) < 4.78 is 3.71. The smallest absolute Gasteiger partial charge is 0.244 e. The zero-order valence-electron chi connectivity index (χ0n) is 14.6. The maximum absolute atomic E-state index is 12.8. The summed E-state index contributed by atoms with van der Waals surface area (Å²) >= 11 is 0. The molecule has 3 heterocycles. The first-order valence-corrected chi connectivity index (χ1v) is 8.19. The molecule has 1 atom stereocenters. The van der Waals surface area contributed by atoms with Crippen LogP contribution < -0.4 is 0 Å². The first-order valence-electron chi connectivity index (χ1n) is 8.19. The van der Waals surface area contributed by atoms with E-state index < -0.39 is 0 Å². The van der Waals surface area contributed by atoms with Gasteiger partial charge in [0, 0.05) is 30.5 Å². The third kappa shape index (κ3) is 2.78. The molecule has 0 bridgehead atoms. The largest absolute Gasteiger partial charge is 0.334 e. The summed E-state index contributed by atoms with van der Waals surface area (Å²) in [5.74, 6) is 0.140. The zero-order chi connectivity index (χ0) is 16.7. The van der Waals surface area contributed by atoms with Crippen LogP contribution in [0.5, 0.6) is 0 Å². The molecule has 2 aromatic heterocycles. The van der Waals surface area contributed by atoms with E-state index in [2.05, 4.69) is 17.1 Å². The minimum absolute atomic E-state index is 0.140. The third-order valence-electron chi connectivity index (χ3n) is 4.86. The Kier molecular flexibility index (Phi) is 4.00. The van der Waals surface area contributed by atoms with Crippen molar-refractivity contribution in [3.8, 4) is 0 Å². The van der Waals surface area contributed by atoms with Crippen molar-refractivity contribution in [2.45, 2.75) is 53.1 Å². The standard InChI is InChI=1S/C17H25N5O/c1-11-9-12(2)22(18-11)10-16(23)21-8-6-7-15(21)17-13(3)19-20(5)14(17)4/h9,15H,6-8,10H2,1-5H3. The van der Waals surface area contributed by atoms with E-state index in [1.54, 1.807) is 4.68 Å². The molecule has 23 heavy (non-hydrogen) atoms. The van der Waals surface area contributed by atoms with Crippen molar-refractivity contribution in [1.82, 2.24) is 24.5 Å². The Labute approximate surface area is 137 Å². The lowest BCUT2D eigenvalue weighted by molar-refractivity contribution is -0.133. The second kappa shape index (κ2) is 5.83. The molecular formula is C17H25N5O. The van der Waals surface area contributed by atoms with E-state index in [1.807, 2.05) is 43.5 Å². The van der Waals surface area contributed by atoms with Gasteiger partial charge in [-0.05, 0) is 46.6 Å². The maximum atomic E-state index is 12.8. The highest BCUT2D eigenvalue weighted by Gasteiger charge is 2.33. The Morgan fingerprint density at radius 2 is 2.00 bits per heavy atom. The van der Waals surface area contributed by atoms with Crippen LogP contribution in [0.4, 0.5) is 0 Å². The van der Waals surface area contributed by atoms with Gasteiger partial charge in [-0.2, -0.15) is 10.2 Å². The van der Waals surface area contributed by atoms with Gasteiger partial charge in [-0.3, -0.25) is 14.2 Å². The van der Waals surface area contributed by atoms with Gasteiger partial charge in [-0.15, -0.1) is 0 Å². The quantitative estimate of drug-likeness (QED) is 0.872. The van der Waals surface area contributed by atoms with Gasteiger partial charge >= 0.3 is 0 Å². The highest BCUT2D eigenvalue weighted by molar-refractivity contribution is 5.77. The number of aryl methyl sites for hydroxylation is 4. The second-order valence-electron chi connectivity index (χ2n) is 6.54. The van der Waals surface area contributed by atoms with Crippen LogP contribution in [0.2, 0.25) is 0 Å². The molecule has 6 heteroatoms. The van der Waals surface area contributed by atoms with E-state index in [4.69, 9.17) is 0 Å². The summed E-state index contributed by atoms with van der Waals surface area (Å²) in [5, 5.41) is 8.92. The Morgan fingerprint density at radius 1 is 1.26 bits per heavy atom. The number of amides is 1. The van der Waals surface area contributed by atoms with Crippen molar-refractivity contribution in [3.63, 3.8) is 0 Å². The van der Waals surface area contributed by atoms with Gasteiger partial charge in [0.1, 0.15) is 6.54 Å². The van der Waals surface area contributed by atoms with Crippen LogP contribution in [0.3, 0.4) is 0 Å². The molecule has 3 rings (SSSR count). The first-order chi connectivity index (χ1) is 10.9. The predicted molar refractivity (Wildman–Crippen MR) is 88.1 cm³/mol. The summed E-state index contributed by atoms with van der Waals surface area (Å²) in [6, 6.07) is 2.15. The predicted octanol–water partition coefficient (Wildman–Crippen LogP) is 2.21. The van der Waals surface area contributed by atoms with Crippen LogP contribution in [0.1, 0.15) is 47.2 Å². The molecule has 1 unspecified atom stereocenters. The highest BCUT2D eigenvalue weighted by atomic mass is 16.2. The van der Waals surface area contributed by atoms with Crippen molar-refractivity contribution in [2.24, 2.45) is 7.05 Å². The van der Waals surface area contributed by atoms with Crippen molar-refractivity contribution in [2.75, 3.05) is 6.54 Å². The van der Waals surface area contributed by atoms with Crippen molar-refractivity contribution in [3.05, 3.63) is 34.4 Å². The topological polar surface area (TPSA) is 56.0 Å². The number of rotatable bonds is 3. The van der Waals surface area contributed by atoms with E-state index in [0.29, 0.717) is 6.54 Å². The van der Waals surface area contributed by atoms with Gasteiger partial charge in [-0.25, -0.2) is 0 Å². The average Bonchev–Trinajstić information content (AvgIpc) is 3.11. The fourth-order valence-corrected chi connectivity index (χ4v) is 3.69. The second-order valence-corrected chi connectivity index (χ2v) is 6.54. The molecule has 1 fully saturated rings. The molecule has 0 aliphatic carbocycles. The van der Waals surface area contributed by atoms with Crippen molar-refractivity contribution in [1.29, 1.82) is 0 Å². The summed E-state index contributed by atoms with van der Waals surface area (Å²) in [6.45, 7) is 9.19. The molecule has 0 saturated carbocycles. The van der Waals surface area contributed by atoms with Gasteiger partial charge in [-0.1, -0.05) is 0 Å². The molecule has 0 N–H and O–H groups in total. The monoisotopic (exact) mass is 315 g/mol. The number of hydrogen-bond acceptors (Lipinski definition) is 3. The Morgan fingerprint density at radius 3 is 2.57 bits per heavy atom. The molecule has 1 amide bonds. The summed E-state index contributed by atoms with van der Waals surface area (Å²) in [7, 11) is 1.96. The van der Waals surface area contributed by atoms with E-state index in [9.17, 15) is 4.79 Å². The summed E-state index contributed by atoms with van der Waals surface area (Å²) in [4.78, 5) is 14.8. The molecule has 124 valence electrons. The number of aromatic nitrogens is 4. The molecule has 1 aliphatic rings. The van der Waals surface area contributed by atoms with E-state index in [-0.39, 0.29) is 11.9 Å². The lowest BCUT2D eigenvalue weighted by Crippen LogP contribution is -2.34. The van der Waals surface area contributed by atoms with Crippen LogP contribution in [-0.2, 0) is 18.4 Å². The maximum Gasteiger partial charge on any atom is 0.244 e. The SMILES string of the molecule is Cc1cc(C)n(CC(=O)N2CCCC2c2c(C)nn(C)c2C)n1. The minimum atomic E-state index is 0.140. The zero-order valence-corrected chi connectivity index (χ0v) is 14.6. The normalized spacial score (nSPS) is 18.0. The van der Waals surface area contributed by atoms with Crippen LogP contribution >= 0.6 is 0 Å². The van der Waals surface area contributed by atoms with E-state index in [0.717, 1.165) is 42.2 Å². The van der Waals surface area contributed by atoms with Crippen LogP contribution in [-0.4, -0.2) is 36.9 Å². The number of hydrogen-bond donors (Lipinski definition) is 0. The van der Waals surface area contributed by atoms with E-state index in [1.165, 1.54) is 5.56 Å². The molecule has 0 aromatic carbocycles. The minimum Gasteiger partial charge on any atom is -0.334 e. The average molecular weight is 315 g/mol. The van der Waals surface area contributed by atoms with Crippen LogP contribution in [0.25, 0.3) is 0 Å². The molecule has 0 spiro atoms. The first kappa shape index (κ1) is 15.8. The fraction of sp³-hybridized carbons (Fsp3) is 0.588. The molecule has 6 nitrogen and oxygen atoms in total. The molecule has 1 aliphatic heterocycles. The summed E-state index contributed by atoms with van der Waals surface area (Å²) in [6.07, 6.45) is 2.05. The van der Waals surface area contributed by atoms with Gasteiger partial charge in [0.25, 0.3) is 0 Å². The van der Waals surface area contributed by atoms with Gasteiger partial charge < -0.3 is 4.90 Å². The highest BCUT2D eigenvalue weighted by Crippen LogP contribution is 2.35. The Hall–Kier alpha value is -2.11. The number of likely N-dealkylation sites (tertiary alicyclic amines) is 1. The van der Waals surface area contributed by atoms with Crippen molar-refractivity contribution >= 4 is 5.91 Å². The number of carbonyl (C=O) groups excluding carboxylic acids is 1. The van der Waals surface area contributed by atoms with Gasteiger partial charge in [0.15, 0.2) is 0 Å². The summed E-state index contributed by atoms with van der Waals surface area (Å²) in [5.41, 5.74) is 5.37. The fourth-order valence-electron chi connectivity index (χ4n) is 3.69. The molecule has 0 radical (unpaired) electrons. The third-order valence-corrected chi connectivity index (χ3v) is 4.86. The Bertz CT molecular complexity index is 742. The molecular weight excluding hydrogens is 290 g/mol. The van der Waals surface area contributed by atoms with Crippen molar-refractivity contribution < 1.29 is 4.79 Å². The van der Waals surface area contributed by atoms with E-state index >= 15 is 0 Å². The lowest BCUT2D eigenvalue weighted by atomic mass is 10.0. The van der Waals surface area contributed by atoms with Crippen LogP contribution in [0, 0.1) is 27.7 Å². The number of nitrogens with zero attached hydrogens (tertiary/aromatic N) is 5.